The molecule has 0 aromatic heterocycles. The van der Waals surface area contributed by atoms with Gasteiger partial charge in [-0.15, -0.1) is 0 Å². The molecule has 1 saturated heterocycles. The normalized spacial score (nSPS) is 16.2. The van der Waals surface area contributed by atoms with Gasteiger partial charge in [0.05, 0.1) is 6.26 Å². The van der Waals surface area contributed by atoms with Crippen LogP contribution in [0.4, 0.5) is 11.4 Å². The minimum atomic E-state index is -3.25. The molecule has 1 fully saturated rings. The quantitative estimate of drug-likeness (QED) is 0.847. The number of piperidine rings is 1. The van der Waals surface area contributed by atoms with Gasteiger partial charge in [-0.2, -0.15) is 0 Å². The zero-order valence-electron chi connectivity index (χ0n) is 14.7. The fourth-order valence-electron chi connectivity index (χ4n) is 2.92. The monoisotopic (exact) mass is 353 g/mol. The van der Waals surface area contributed by atoms with Gasteiger partial charge >= 0.3 is 0 Å². The van der Waals surface area contributed by atoms with Crippen molar-refractivity contribution in [2.75, 3.05) is 42.2 Å². The number of hydrogen-bond donors (Lipinski definition) is 1. The van der Waals surface area contributed by atoms with E-state index in [0.717, 1.165) is 31.0 Å². The Bertz CT molecular complexity index is 650. The van der Waals surface area contributed by atoms with Crippen molar-refractivity contribution in [3.63, 3.8) is 0 Å². The Kier molecular flexibility index (Phi) is 6.23. The number of sulfonamides is 1. The molecule has 0 atom stereocenters. The molecule has 6 nitrogen and oxygen atoms in total. The number of anilines is 2. The molecule has 0 spiro atoms. The maximum atomic E-state index is 11.9. The summed E-state index contributed by atoms with van der Waals surface area (Å²) in [5.41, 5.74) is 1.95. The van der Waals surface area contributed by atoms with E-state index in [1.807, 2.05) is 24.3 Å². The Labute approximate surface area is 144 Å². The first kappa shape index (κ1) is 18.7. The minimum absolute atomic E-state index is 0.107. The van der Waals surface area contributed by atoms with Gasteiger partial charge in [0.1, 0.15) is 0 Å². The summed E-state index contributed by atoms with van der Waals surface area (Å²) < 4.78 is 24.7. The smallest absolute Gasteiger partial charge is 0.223 e. The molecule has 0 radical (unpaired) electrons. The van der Waals surface area contributed by atoms with Gasteiger partial charge in [0.15, 0.2) is 0 Å². The van der Waals surface area contributed by atoms with Gasteiger partial charge in [-0.1, -0.05) is 6.92 Å². The average Bonchev–Trinajstić information content (AvgIpc) is 2.51. The van der Waals surface area contributed by atoms with E-state index in [0.29, 0.717) is 6.54 Å². The molecule has 1 N–H and O–H groups in total. The maximum absolute atomic E-state index is 11.9. The van der Waals surface area contributed by atoms with Crippen LogP contribution < -0.4 is 14.5 Å². The van der Waals surface area contributed by atoms with Crippen molar-refractivity contribution in [3.8, 4) is 0 Å². The van der Waals surface area contributed by atoms with Crippen LogP contribution in [0.3, 0.4) is 0 Å². The van der Waals surface area contributed by atoms with E-state index in [4.69, 9.17) is 0 Å². The molecule has 0 saturated carbocycles. The Hall–Kier alpha value is -1.60. The first-order valence-electron chi connectivity index (χ1n) is 8.34. The molecule has 1 amide bonds. The molecular weight excluding hydrogens is 326 g/mol. The molecule has 1 aromatic rings. The van der Waals surface area contributed by atoms with Crippen LogP contribution in [-0.2, 0) is 14.8 Å². The lowest BCUT2D eigenvalue weighted by Gasteiger charge is -2.32. The molecule has 0 bridgehead atoms. The number of benzene rings is 1. The molecular formula is C17H27N3O3S. The summed E-state index contributed by atoms with van der Waals surface area (Å²) in [6.45, 7) is 6.41. The zero-order chi connectivity index (χ0) is 17.7. The molecule has 1 heterocycles. The van der Waals surface area contributed by atoms with E-state index in [-0.39, 0.29) is 12.5 Å². The lowest BCUT2D eigenvalue weighted by Crippen LogP contribution is -2.37. The number of nitrogens with one attached hydrogen (secondary N) is 1. The second kappa shape index (κ2) is 7.98. The van der Waals surface area contributed by atoms with Crippen molar-refractivity contribution >= 4 is 27.3 Å². The third-order valence-electron chi connectivity index (χ3n) is 4.39. The fourth-order valence-corrected chi connectivity index (χ4v) is 3.38. The van der Waals surface area contributed by atoms with E-state index in [2.05, 4.69) is 16.5 Å². The number of nitrogens with zero attached hydrogens (tertiary/aromatic N) is 2. The van der Waals surface area contributed by atoms with Crippen LogP contribution in [-0.4, -0.2) is 46.8 Å². The Morgan fingerprint density at radius 2 is 1.83 bits per heavy atom. The highest BCUT2D eigenvalue weighted by molar-refractivity contribution is 7.88. The fraction of sp³-hybridized carbons (Fsp3) is 0.588. The van der Waals surface area contributed by atoms with E-state index in [9.17, 15) is 13.2 Å². The highest BCUT2D eigenvalue weighted by Crippen LogP contribution is 2.25. The Morgan fingerprint density at radius 3 is 2.33 bits per heavy atom. The SMILES string of the molecule is CC(=O)N(CCNS(C)(=O)=O)c1ccc(N2CCC(C)CC2)cc1. The molecule has 2 rings (SSSR count). The minimum Gasteiger partial charge on any atom is -0.372 e. The summed E-state index contributed by atoms with van der Waals surface area (Å²) in [4.78, 5) is 15.8. The third-order valence-corrected chi connectivity index (χ3v) is 5.12. The number of amides is 1. The molecule has 1 aromatic carbocycles. The van der Waals surface area contributed by atoms with Crippen LogP contribution in [0.5, 0.6) is 0 Å². The molecule has 0 unspecified atom stereocenters. The zero-order valence-corrected chi connectivity index (χ0v) is 15.5. The van der Waals surface area contributed by atoms with Crippen LogP contribution in [0.15, 0.2) is 24.3 Å². The van der Waals surface area contributed by atoms with Gasteiger partial charge in [0, 0.05) is 44.5 Å². The van der Waals surface area contributed by atoms with Crippen molar-refractivity contribution in [1.82, 2.24) is 4.72 Å². The van der Waals surface area contributed by atoms with Crippen molar-refractivity contribution in [1.29, 1.82) is 0 Å². The lowest BCUT2D eigenvalue weighted by molar-refractivity contribution is -0.116. The van der Waals surface area contributed by atoms with Crippen LogP contribution >= 0.6 is 0 Å². The van der Waals surface area contributed by atoms with Gasteiger partial charge in [-0.25, -0.2) is 13.1 Å². The first-order valence-corrected chi connectivity index (χ1v) is 10.2. The molecule has 1 aliphatic heterocycles. The lowest BCUT2D eigenvalue weighted by atomic mass is 9.99. The van der Waals surface area contributed by atoms with Crippen molar-refractivity contribution in [3.05, 3.63) is 24.3 Å². The van der Waals surface area contributed by atoms with Crippen LogP contribution in [0.25, 0.3) is 0 Å². The largest absolute Gasteiger partial charge is 0.372 e. The summed E-state index contributed by atoms with van der Waals surface area (Å²) in [7, 11) is -3.25. The van der Waals surface area contributed by atoms with Crippen molar-refractivity contribution in [2.45, 2.75) is 26.7 Å². The van der Waals surface area contributed by atoms with Crippen LogP contribution in [0.1, 0.15) is 26.7 Å². The molecule has 134 valence electrons. The van der Waals surface area contributed by atoms with Crippen LogP contribution in [0.2, 0.25) is 0 Å². The van der Waals surface area contributed by atoms with Crippen molar-refractivity contribution in [2.24, 2.45) is 5.92 Å². The summed E-state index contributed by atoms with van der Waals surface area (Å²) in [5, 5.41) is 0. The average molecular weight is 353 g/mol. The number of carbonyl (C=O) groups excluding carboxylic acids is 1. The Morgan fingerprint density at radius 1 is 1.25 bits per heavy atom. The highest BCUT2D eigenvalue weighted by atomic mass is 32.2. The van der Waals surface area contributed by atoms with Crippen LogP contribution in [0, 0.1) is 5.92 Å². The topological polar surface area (TPSA) is 69.7 Å². The van der Waals surface area contributed by atoms with E-state index in [1.165, 1.54) is 25.5 Å². The highest BCUT2D eigenvalue weighted by Gasteiger charge is 2.17. The van der Waals surface area contributed by atoms with Gasteiger partial charge in [0.2, 0.25) is 15.9 Å². The van der Waals surface area contributed by atoms with Gasteiger partial charge in [-0.05, 0) is 43.0 Å². The molecule has 1 aliphatic rings. The van der Waals surface area contributed by atoms with Gasteiger partial charge < -0.3 is 9.80 Å². The second-order valence-electron chi connectivity index (χ2n) is 6.52. The standard InChI is InChI=1S/C17H27N3O3S/c1-14-8-11-19(12-9-14)16-4-6-17(7-5-16)20(15(2)21)13-10-18-24(3,22)23/h4-7,14,18H,8-13H2,1-3H3. The summed E-state index contributed by atoms with van der Waals surface area (Å²) in [5.74, 6) is 0.681. The second-order valence-corrected chi connectivity index (χ2v) is 8.36. The molecule has 7 heteroatoms. The third kappa shape index (κ3) is 5.49. The number of hydrogen-bond acceptors (Lipinski definition) is 4. The van der Waals surface area contributed by atoms with E-state index >= 15 is 0 Å². The predicted molar refractivity (Wildman–Crippen MR) is 97.9 cm³/mol. The summed E-state index contributed by atoms with van der Waals surface area (Å²) in [6, 6.07) is 7.92. The molecule has 24 heavy (non-hydrogen) atoms. The van der Waals surface area contributed by atoms with E-state index < -0.39 is 10.0 Å². The predicted octanol–water partition coefficient (Wildman–Crippen LogP) is 1.82. The van der Waals surface area contributed by atoms with Crippen molar-refractivity contribution < 1.29 is 13.2 Å². The number of carbonyl (C=O) groups is 1. The Balaban J connectivity index is 2.01. The number of rotatable bonds is 6. The first-order chi connectivity index (χ1) is 11.3. The van der Waals surface area contributed by atoms with Gasteiger partial charge in [-0.3, -0.25) is 4.79 Å². The van der Waals surface area contributed by atoms with Gasteiger partial charge in [0.25, 0.3) is 0 Å². The van der Waals surface area contributed by atoms with E-state index in [1.54, 1.807) is 4.90 Å². The maximum Gasteiger partial charge on any atom is 0.223 e. The summed E-state index contributed by atoms with van der Waals surface area (Å²) in [6.07, 6.45) is 3.52. The summed E-state index contributed by atoms with van der Waals surface area (Å²) >= 11 is 0. The molecule has 0 aliphatic carbocycles.